The summed E-state index contributed by atoms with van der Waals surface area (Å²) in [6.45, 7) is 7.74. The van der Waals surface area contributed by atoms with Gasteiger partial charge in [0.25, 0.3) is 0 Å². The Morgan fingerprint density at radius 1 is 1.14 bits per heavy atom. The number of esters is 1. The Morgan fingerprint density at radius 3 is 2.36 bits per heavy atom. The first kappa shape index (κ1) is 17.0. The number of rotatable bonds is 7. The van der Waals surface area contributed by atoms with Crippen LogP contribution in [-0.4, -0.2) is 37.1 Å². The molecule has 22 heavy (non-hydrogen) atoms. The first-order valence-corrected chi connectivity index (χ1v) is 8.69. The molecular formula is C19H29NO2. The van der Waals surface area contributed by atoms with Crippen LogP contribution in [0.15, 0.2) is 24.3 Å². The smallest absolute Gasteiger partial charge is 0.309 e. The van der Waals surface area contributed by atoms with Gasteiger partial charge >= 0.3 is 5.97 Å². The molecule has 122 valence electrons. The van der Waals surface area contributed by atoms with Gasteiger partial charge in [-0.1, -0.05) is 31.2 Å². The lowest BCUT2D eigenvalue weighted by atomic mass is 9.96. The summed E-state index contributed by atoms with van der Waals surface area (Å²) >= 11 is 0. The molecule has 0 saturated carbocycles. The van der Waals surface area contributed by atoms with Gasteiger partial charge in [0.15, 0.2) is 0 Å². The molecule has 0 bridgehead atoms. The molecule has 1 aliphatic heterocycles. The monoisotopic (exact) mass is 303 g/mol. The number of hydrogen-bond donors (Lipinski definition) is 0. The second-order valence-corrected chi connectivity index (χ2v) is 6.14. The Morgan fingerprint density at radius 2 is 1.77 bits per heavy atom. The van der Waals surface area contributed by atoms with Gasteiger partial charge in [-0.25, -0.2) is 0 Å². The molecule has 2 rings (SSSR count). The molecule has 0 aliphatic carbocycles. The van der Waals surface area contributed by atoms with E-state index < -0.39 is 0 Å². The number of hydrogen-bond acceptors (Lipinski definition) is 3. The molecule has 1 aromatic carbocycles. The van der Waals surface area contributed by atoms with E-state index in [0.29, 0.717) is 6.61 Å². The summed E-state index contributed by atoms with van der Waals surface area (Å²) in [6, 6.07) is 8.98. The predicted octanol–water partition coefficient (Wildman–Crippen LogP) is 3.46. The third-order valence-corrected chi connectivity index (χ3v) is 4.58. The van der Waals surface area contributed by atoms with Gasteiger partial charge in [-0.3, -0.25) is 4.79 Å². The number of likely N-dealkylation sites (tertiary alicyclic amines) is 1. The highest BCUT2D eigenvalue weighted by atomic mass is 16.5. The summed E-state index contributed by atoms with van der Waals surface area (Å²) in [4.78, 5) is 14.2. The van der Waals surface area contributed by atoms with E-state index in [4.69, 9.17) is 4.74 Å². The van der Waals surface area contributed by atoms with E-state index in [9.17, 15) is 4.79 Å². The zero-order chi connectivity index (χ0) is 15.8. The Balaban J connectivity index is 1.65. The number of ether oxygens (including phenoxy) is 1. The van der Waals surface area contributed by atoms with Crippen molar-refractivity contribution in [2.75, 3.05) is 26.2 Å². The topological polar surface area (TPSA) is 29.5 Å². The molecule has 1 aliphatic rings. The summed E-state index contributed by atoms with van der Waals surface area (Å²) in [5, 5.41) is 0. The Kier molecular flexibility index (Phi) is 6.91. The standard InChI is InChI=1S/C19H29NO2/c1-3-16-7-9-17(10-8-16)6-5-13-20-14-11-18(12-15-20)19(21)22-4-2/h7-10,18H,3-6,11-15H2,1-2H3. The summed E-state index contributed by atoms with van der Waals surface area (Å²) in [5.41, 5.74) is 2.84. The van der Waals surface area contributed by atoms with Gasteiger partial charge < -0.3 is 9.64 Å². The fraction of sp³-hybridized carbons (Fsp3) is 0.632. The van der Waals surface area contributed by atoms with Crippen molar-refractivity contribution in [3.8, 4) is 0 Å². The van der Waals surface area contributed by atoms with E-state index >= 15 is 0 Å². The van der Waals surface area contributed by atoms with Crippen LogP contribution >= 0.6 is 0 Å². The van der Waals surface area contributed by atoms with Gasteiger partial charge in [0.05, 0.1) is 12.5 Å². The van der Waals surface area contributed by atoms with Crippen LogP contribution in [0.2, 0.25) is 0 Å². The average molecular weight is 303 g/mol. The van der Waals surface area contributed by atoms with Crippen molar-refractivity contribution >= 4 is 5.97 Å². The Hall–Kier alpha value is -1.35. The van der Waals surface area contributed by atoms with E-state index in [1.165, 1.54) is 17.5 Å². The van der Waals surface area contributed by atoms with E-state index in [0.717, 1.165) is 45.3 Å². The summed E-state index contributed by atoms with van der Waals surface area (Å²) < 4.78 is 5.12. The van der Waals surface area contributed by atoms with Gasteiger partial charge in [0.1, 0.15) is 0 Å². The summed E-state index contributed by atoms with van der Waals surface area (Å²) in [5.74, 6) is 0.121. The maximum Gasteiger partial charge on any atom is 0.309 e. The molecule has 1 aromatic rings. The second kappa shape index (κ2) is 8.94. The Labute approximate surface area is 134 Å². The van der Waals surface area contributed by atoms with Crippen molar-refractivity contribution in [3.05, 3.63) is 35.4 Å². The zero-order valence-electron chi connectivity index (χ0n) is 14.0. The van der Waals surface area contributed by atoms with Gasteiger partial charge in [-0.15, -0.1) is 0 Å². The van der Waals surface area contributed by atoms with Crippen molar-refractivity contribution < 1.29 is 9.53 Å². The number of piperidine rings is 1. The van der Waals surface area contributed by atoms with Crippen LogP contribution in [0.5, 0.6) is 0 Å². The van der Waals surface area contributed by atoms with E-state index in [1.807, 2.05) is 6.92 Å². The molecule has 3 heteroatoms. The van der Waals surface area contributed by atoms with Crippen LogP contribution in [0.4, 0.5) is 0 Å². The molecule has 1 saturated heterocycles. The molecule has 0 radical (unpaired) electrons. The molecule has 0 unspecified atom stereocenters. The molecule has 1 heterocycles. The highest BCUT2D eigenvalue weighted by Gasteiger charge is 2.25. The van der Waals surface area contributed by atoms with Crippen molar-refractivity contribution in [2.45, 2.75) is 46.0 Å². The first-order valence-electron chi connectivity index (χ1n) is 8.69. The van der Waals surface area contributed by atoms with Crippen LogP contribution < -0.4 is 0 Å². The first-order chi connectivity index (χ1) is 10.7. The zero-order valence-corrected chi connectivity index (χ0v) is 14.0. The molecule has 0 amide bonds. The maximum atomic E-state index is 11.7. The third-order valence-electron chi connectivity index (χ3n) is 4.58. The molecule has 3 nitrogen and oxygen atoms in total. The van der Waals surface area contributed by atoms with Gasteiger partial charge in [-0.05, 0) is 69.8 Å². The van der Waals surface area contributed by atoms with Crippen molar-refractivity contribution in [2.24, 2.45) is 5.92 Å². The molecule has 0 spiro atoms. The highest BCUT2D eigenvalue weighted by Crippen LogP contribution is 2.19. The molecule has 0 N–H and O–H groups in total. The number of aryl methyl sites for hydroxylation is 2. The average Bonchev–Trinajstić information content (AvgIpc) is 2.56. The third kappa shape index (κ3) is 5.13. The molecule has 0 atom stereocenters. The minimum atomic E-state index is -0.00170. The lowest BCUT2D eigenvalue weighted by Crippen LogP contribution is -2.37. The van der Waals surface area contributed by atoms with Crippen molar-refractivity contribution in [1.29, 1.82) is 0 Å². The minimum absolute atomic E-state index is 0.00170. The van der Waals surface area contributed by atoms with Crippen LogP contribution in [0.25, 0.3) is 0 Å². The van der Waals surface area contributed by atoms with Gasteiger partial charge in [0, 0.05) is 0 Å². The summed E-state index contributed by atoms with van der Waals surface area (Å²) in [6.07, 6.45) is 5.33. The fourth-order valence-electron chi connectivity index (χ4n) is 3.10. The molecule has 0 aromatic heterocycles. The van der Waals surface area contributed by atoms with E-state index in [-0.39, 0.29) is 11.9 Å². The maximum absolute atomic E-state index is 11.7. The van der Waals surface area contributed by atoms with Gasteiger partial charge in [0.2, 0.25) is 0 Å². The van der Waals surface area contributed by atoms with Gasteiger partial charge in [-0.2, -0.15) is 0 Å². The highest BCUT2D eigenvalue weighted by molar-refractivity contribution is 5.72. The van der Waals surface area contributed by atoms with Crippen molar-refractivity contribution in [1.82, 2.24) is 4.90 Å². The lowest BCUT2D eigenvalue weighted by Gasteiger charge is -2.30. The predicted molar refractivity (Wildman–Crippen MR) is 89.9 cm³/mol. The van der Waals surface area contributed by atoms with Crippen LogP contribution in [0.1, 0.15) is 44.2 Å². The molecular weight excluding hydrogens is 274 g/mol. The molecule has 1 fully saturated rings. The quantitative estimate of drug-likeness (QED) is 0.723. The van der Waals surface area contributed by atoms with E-state index in [1.54, 1.807) is 0 Å². The number of carbonyl (C=O) groups excluding carboxylic acids is 1. The van der Waals surface area contributed by atoms with Crippen LogP contribution in [0, 0.1) is 5.92 Å². The number of carbonyl (C=O) groups is 1. The summed E-state index contributed by atoms with van der Waals surface area (Å²) in [7, 11) is 0. The van der Waals surface area contributed by atoms with E-state index in [2.05, 4.69) is 36.1 Å². The largest absolute Gasteiger partial charge is 0.466 e. The minimum Gasteiger partial charge on any atom is -0.466 e. The number of benzene rings is 1. The Bertz CT molecular complexity index is 447. The van der Waals surface area contributed by atoms with Crippen molar-refractivity contribution in [3.63, 3.8) is 0 Å². The lowest BCUT2D eigenvalue weighted by molar-refractivity contribution is -0.149. The van der Waals surface area contributed by atoms with Crippen LogP contribution in [0.3, 0.4) is 0 Å². The second-order valence-electron chi connectivity index (χ2n) is 6.14. The SMILES string of the molecule is CCOC(=O)C1CCN(CCCc2ccc(CC)cc2)CC1. The number of nitrogens with zero attached hydrogens (tertiary/aromatic N) is 1. The van der Waals surface area contributed by atoms with Crippen LogP contribution in [-0.2, 0) is 22.4 Å². The fourth-order valence-corrected chi connectivity index (χ4v) is 3.10. The normalized spacial score (nSPS) is 16.6.